The summed E-state index contributed by atoms with van der Waals surface area (Å²) in [5.41, 5.74) is 0. The number of carbonyl (C=O) groups is 1. The van der Waals surface area contributed by atoms with Crippen LogP contribution in [0.1, 0.15) is 17.7 Å². The highest BCUT2D eigenvalue weighted by molar-refractivity contribution is 7.91. The third kappa shape index (κ3) is 3.38. The van der Waals surface area contributed by atoms with Crippen LogP contribution in [0.15, 0.2) is 16.3 Å². The molecule has 0 bridgehead atoms. The summed E-state index contributed by atoms with van der Waals surface area (Å²) >= 11 is 1.02. The number of nitrogens with zero attached hydrogens (tertiary/aromatic N) is 1. The second-order valence-corrected chi connectivity index (χ2v) is 8.05. The van der Waals surface area contributed by atoms with Crippen LogP contribution in [0, 0.1) is 0 Å². The van der Waals surface area contributed by atoms with Gasteiger partial charge in [-0.15, -0.1) is 11.3 Å². The van der Waals surface area contributed by atoms with Crippen molar-refractivity contribution in [1.82, 2.24) is 4.31 Å². The third-order valence-electron chi connectivity index (χ3n) is 3.30. The summed E-state index contributed by atoms with van der Waals surface area (Å²) in [4.78, 5) is 11.2. The van der Waals surface area contributed by atoms with Crippen molar-refractivity contribution in [3.05, 3.63) is 17.0 Å². The van der Waals surface area contributed by atoms with E-state index in [1.165, 1.54) is 10.4 Å². The van der Waals surface area contributed by atoms with Crippen molar-refractivity contribution in [1.29, 1.82) is 0 Å². The van der Waals surface area contributed by atoms with Gasteiger partial charge in [0.05, 0.1) is 6.42 Å². The highest BCUT2D eigenvalue weighted by Gasteiger charge is 2.30. The van der Waals surface area contributed by atoms with E-state index in [1.54, 1.807) is 13.1 Å². The van der Waals surface area contributed by atoms with Gasteiger partial charge in [0.15, 0.2) is 0 Å². The van der Waals surface area contributed by atoms with Crippen molar-refractivity contribution in [3.8, 4) is 0 Å². The van der Waals surface area contributed by atoms with Crippen LogP contribution in [0.4, 0.5) is 0 Å². The van der Waals surface area contributed by atoms with Crippen LogP contribution in [0.5, 0.6) is 0 Å². The fourth-order valence-electron chi connectivity index (χ4n) is 2.13. The number of carboxylic acid groups (broad SMARTS) is 1. The van der Waals surface area contributed by atoms with Crippen LogP contribution in [0.3, 0.4) is 0 Å². The Balaban J connectivity index is 2.16. The third-order valence-corrected chi connectivity index (χ3v) is 6.76. The molecular weight excluding hydrogens is 302 g/mol. The summed E-state index contributed by atoms with van der Waals surface area (Å²) < 4.78 is 31.8. The van der Waals surface area contributed by atoms with Gasteiger partial charge in [0.25, 0.3) is 10.0 Å². The topological polar surface area (TPSA) is 83.9 Å². The predicted molar refractivity (Wildman–Crippen MR) is 74.4 cm³/mol. The van der Waals surface area contributed by atoms with Crippen LogP contribution < -0.4 is 0 Å². The number of aliphatic carboxylic acids is 1. The molecule has 0 saturated carbocycles. The van der Waals surface area contributed by atoms with Gasteiger partial charge in [0, 0.05) is 31.2 Å². The van der Waals surface area contributed by atoms with Gasteiger partial charge in [-0.05, 0) is 25.0 Å². The first-order chi connectivity index (χ1) is 9.41. The number of sulfonamides is 1. The van der Waals surface area contributed by atoms with E-state index >= 15 is 0 Å². The Bertz CT molecular complexity index is 574. The molecule has 1 N–H and O–H groups in total. The molecule has 0 spiro atoms. The van der Waals surface area contributed by atoms with Crippen molar-refractivity contribution in [2.45, 2.75) is 29.5 Å². The molecule has 6 nitrogen and oxygen atoms in total. The Hall–Kier alpha value is -0.960. The first-order valence-corrected chi connectivity index (χ1v) is 8.53. The fourth-order valence-corrected chi connectivity index (χ4v) is 5.08. The van der Waals surface area contributed by atoms with Crippen LogP contribution in [0.2, 0.25) is 0 Å². The van der Waals surface area contributed by atoms with Crippen molar-refractivity contribution in [2.75, 3.05) is 20.3 Å². The molecule has 1 aromatic rings. The number of ether oxygens (including phenoxy) is 1. The fraction of sp³-hybridized carbons (Fsp3) is 0.583. The lowest BCUT2D eigenvalue weighted by Gasteiger charge is -2.29. The Morgan fingerprint density at radius 3 is 2.70 bits per heavy atom. The summed E-state index contributed by atoms with van der Waals surface area (Å²) in [5.74, 6) is -0.964. The van der Waals surface area contributed by atoms with Gasteiger partial charge in [-0.1, -0.05) is 0 Å². The molecule has 1 aromatic heterocycles. The normalized spacial score (nSPS) is 17.5. The van der Waals surface area contributed by atoms with E-state index in [1.807, 2.05) is 0 Å². The molecule has 8 heteroatoms. The Labute approximate surface area is 122 Å². The van der Waals surface area contributed by atoms with E-state index in [9.17, 15) is 13.2 Å². The van der Waals surface area contributed by atoms with Crippen LogP contribution in [-0.4, -0.2) is 50.1 Å². The van der Waals surface area contributed by atoms with Gasteiger partial charge in [-0.2, -0.15) is 4.31 Å². The lowest BCUT2D eigenvalue weighted by molar-refractivity contribution is -0.136. The summed E-state index contributed by atoms with van der Waals surface area (Å²) in [6, 6.07) is 2.98. The first-order valence-electron chi connectivity index (χ1n) is 6.27. The summed E-state index contributed by atoms with van der Waals surface area (Å²) in [6.07, 6.45) is 1.22. The Morgan fingerprint density at radius 1 is 1.45 bits per heavy atom. The highest BCUT2D eigenvalue weighted by atomic mass is 32.2. The molecule has 1 fully saturated rings. The van der Waals surface area contributed by atoms with Gasteiger partial charge in [-0.25, -0.2) is 8.42 Å². The van der Waals surface area contributed by atoms with Crippen LogP contribution in [-0.2, 0) is 26.0 Å². The summed E-state index contributed by atoms with van der Waals surface area (Å²) in [7, 11) is -1.98. The van der Waals surface area contributed by atoms with E-state index in [0.717, 1.165) is 11.3 Å². The summed E-state index contributed by atoms with van der Waals surface area (Å²) in [5, 5.41) is 8.72. The van der Waals surface area contributed by atoms with E-state index < -0.39 is 16.0 Å². The largest absolute Gasteiger partial charge is 0.481 e. The molecule has 2 rings (SSSR count). The molecule has 1 aliphatic heterocycles. The first kappa shape index (κ1) is 15.4. The monoisotopic (exact) mass is 319 g/mol. The average molecular weight is 319 g/mol. The number of hydrogen-bond donors (Lipinski definition) is 1. The minimum absolute atomic E-state index is 0.0567. The van der Waals surface area contributed by atoms with Crippen LogP contribution in [0.25, 0.3) is 0 Å². The number of thiophene rings is 1. The zero-order valence-electron chi connectivity index (χ0n) is 11.1. The molecule has 2 heterocycles. The average Bonchev–Trinajstić information content (AvgIpc) is 2.87. The van der Waals surface area contributed by atoms with Gasteiger partial charge in [-0.3, -0.25) is 4.79 Å². The molecule has 1 aliphatic rings. The standard InChI is InChI=1S/C12H17NO5S2/c1-13(9-4-6-18-7-5-9)20(16,17)12-3-2-10(19-12)8-11(14)15/h2-3,9H,4-8H2,1H3,(H,14,15). The highest BCUT2D eigenvalue weighted by Crippen LogP contribution is 2.27. The second kappa shape index (κ2) is 6.21. The molecular formula is C12H17NO5S2. The molecule has 0 unspecified atom stereocenters. The van der Waals surface area contributed by atoms with Gasteiger partial charge in [0.1, 0.15) is 4.21 Å². The number of carboxylic acids is 1. The zero-order valence-corrected chi connectivity index (χ0v) is 12.7. The summed E-state index contributed by atoms with van der Waals surface area (Å²) in [6.45, 7) is 1.14. The Kier molecular flexibility index (Phi) is 4.79. The van der Waals surface area contributed by atoms with E-state index in [0.29, 0.717) is 30.9 Å². The molecule has 0 amide bonds. The minimum Gasteiger partial charge on any atom is -0.481 e. The van der Waals surface area contributed by atoms with Crippen molar-refractivity contribution >= 4 is 27.3 Å². The molecule has 20 heavy (non-hydrogen) atoms. The Morgan fingerprint density at radius 2 is 2.10 bits per heavy atom. The van der Waals surface area contributed by atoms with Gasteiger partial charge >= 0.3 is 5.97 Å². The lowest BCUT2D eigenvalue weighted by Crippen LogP contribution is -2.40. The number of hydrogen-bond acceptors (Lipinski definition) is 5. The maximum absolute atomic E-state index is 12.5. The van der Waals surface area contributed by atoms with Crippen molar-refractivity contribution in [2.24, 2.45) is 0 Å². The predicted octanol–water partition coefficient (Wildman–Crippen LogP) is 1.17. The minimum atomic E-state index is -3.55. The van der Waals surface area contributed by atoms with Crippen LogP contribution >= 0.6 is 11.3 Å². The molecule has 0 aromatic carbocycles. The van der Waals surface area contributed by atoms with E-state index in [4.69, 9.17) is 9.84 Å². The van der Waals surface area contributed by atoms with Crippen molar-refractivity contribution in [3.63, 3.8) is 0 Å². The van der Waals surface area contributed by atoms with E-state index in [2.05, 4.69) is 0 Å². The quantitative estimate of drug-likeness (QED) is 0.881. The maximum atomic E-state index is 12.5. The second-order valence-electron chi connectivity index (χ2n) is 4.66. The molecule has 1 saturated heterocycles. The van der Waals surface area contributed by atoms with Crippen molar-refractivity contribution < 1.29 is 23.1 Å². The van der Waals surface area contributed by atoms with Gasteiger partial charge in [0.2, 0.25) is 0 Å². The molecule has 0 atom stereocenters. The zero-order chi connectivity index (χ0) is 14.8. The maximum Gasteiger partial charge on any atom is 0.308 e. The lowest BCUT2D eigenvalue weighted by atomic mass is 10.1. The number of rotatable bonds is 5. The van der Waals surface area contributed by atoms with E-state index in [-0.39, 0.29) is 16.7 Å². The van der Waals surface area contributed by atoms with Gasteiger partial charge < -0.3 is 9.84 Å². The SMILES string of the molecule is CN(C1CCOCC1)S(=O)(=O)c1ccc(CC(=O)O)s1. The molecule has 0 radical (unpaired) electrons. The smallest absolute Gasteiger partial charge is 0.308 e. The molecule has 0 aliphatic carbocycles. The molecule has 112 valence electrons.